The Hall–Kier alpha value is -3.08. The molecule has 0 aliphatic heterocycles. The summed E-state index contributed by atoms with van der Waals surface area (Å²) in [6, 6.07) is 15.8. The van der Waals surface area contributed by atoms with E-state index in [1.807, 2.05) is 42.6 Å². The Morgan fingerprint density at radius 3 is 2.83 bits per heavy atom. The van der Waals surface area contributed by atoms with Gasteiger partial charge in [-0.1, -0.05) is 35.5 Å². The molecule has 23 heavy (non-hydrogen) atoms. The summed E-state index contributed by atoms with van der Waals surface area (Å²) in [6.07, 6.45) is 2.60. The van der Waals surface area contributed by atoms with Crippen molar-refractivity contribution in [3.63, 3.8) is 0 Å². The molecule has 0 spiro atoms. The Kier molecular flexibility index (Phi) is 3.31. The maximum absolute atomic E-state index is 5.40. The SMILES string of the molecule is COc1ccccc1-c1nc(Cc2c[nH]c3ccccc23)no1. The summed E-state index contributed by atoms with van der Waals surface area (Å²) in [6.45, 7) is 0. The highest BCUT2D eigenvalue weighted by atomic mass is 16.5. The van der Waals surface area contributed by atoms with E-state index in [-0.39, 0.29) is 0 Å². The lowest BCUT2D eigenvalue weighted by Crippen LogP contribution is -1.90. The van der Waals surface area contributed by atoms with Crippen molar-refractivity contribution in [2.75, 3.05) is 7.11 Å². The maximum atomic E-state index is 5.40. The molecule has 0 atom stereocenters. The molecule has 4 aromatic rings. The van der Waals surface area contributed by atoms with E-state index in [0.717, 1.165) is 22.4 Å². The lowest BCUT2D eigenvalue weighted by molar-refractivity contribution is 0.403. The second kappa shape index (κ2) is 5.61. The van der Waals surface area contributed by atoms with Crippen molar-refractivity contribution in [2.24, 2.45) is 0 Å². The Bertz CT molecular complexity index is 955. The topological polar surface area (TPSA) is 63.9 Å². The molecule has 2 aromatic heterocycles. The fourth-order valence-corrected chi connectivity index (χ4v) is 2.70. The number of hydrogen-bond donors (Lipinski definition) is 1. The van der Waals surface area contributed by atoms with Gasteiger partial charge in [0.2, 0.25) is 0 Å². The van der Waals surface area contributed by atoms with Crippen molar-refractivity contribution in [3.8, 4) is 17.2 Å². The van der Waals surface area contributed by atoms with Gasteiger partial charge in [-0.2, -0.15) is 4.98 Å². The van der Waals surface area contributed by atoms with E-state index in [2.05, 4.69) is 27.3 Å². The molecule has 2 heterocycles. The molecule has 0 aliphatic carbocycles. The van der Waals surface area contributed by atoms with Gasteiger partial charge in [0.15, 0.2) is 5.82 Å². The molecule has 0 saturated carbocycles. The van der Waals surface area contributed by atoms with Gasteiger partial charge in [-0.3, -0.25) is 0 Å². The number of hydrogen-bond acceptors (Lipinski definition) is 4. The smallest absolute Gasteiger partial charge is 0.261 e. The zero-order chi connectivity index (χ0) is 15.6. The summed E-state index contributed by atoms with van der Waals surface area (Å²) in [5.41, 5.74) is 3.05. The molecule has 0 unspecified atom stereocenters. The number of ether oxygens (including phenoxy) is 1. The second-order valence-electron chi connectivity index (χ2n) is 5.25. The molecule has 0 amide bonds. The minimum Gasteiger partial charge on any atom is -0.496 e. The average molecular weight is 305 g/mol. The van der Waals surface area contributed by atoms with Crippen LogP contribution in [0.4, 0.5) is 0 Å². The minimum atomic E-state index is 0.470. The van der Waals surface area contributed by atoms with E-state index < -0.39 is 0 Å². The van der Waals surface area contributed by atoms with Gasteiger partial charge in [0.25, 0.3) is 5.89 Å². The molecular formula is C18H15N3O2. The van der Waals surface area contributed by atoms with Gasteiger partial charge in [-0.25, -0.2) is 0 Å². The molecule has 1 N–H and O–H groups in total. The van der Waals surface area contributed by atoms with Crippen molar-refractivity contribution in [3.05, 3.63) is 66.1 Å². The predicted molar refractivity (Wildman–Crippen MR) is 87.4 cm³/mol. The highest BCUT2D eigenvalue weighted by molar-refractivity contribution is 5.83. The molecule has 5 heteroatoms. The number of H-pyrrole nitrogens is 1. The van der Waals surface area contributed by atoms with Crippen LogP contribution in [0, 0.1) is 0 Å². The van der Waals surface area contributed by atoms with Crippen molar-refractivity contribution < 1.29 is 9.26 Å². The van der Waals surface area contributed by atoms with E-state index in [1.54, 1.807) is 7.11 Å². The third kappa shape index (κ3) is 2.46. The molecule has 0 fully saturated rings. The quantitative estimate of drug-likeness (QED) is 0.622. The summed E-state index contributed by atoms with van der Waals surface area (Å²) in [7, 11) is 1.63. The normalized spacial score (nSPS) is 11.0. The number of methoxy groups -OCH3 is 1. The molecule has 0 aliphatic rings. The van der Waals surface area contributed by atoms with E-state index in [9.17, 15) is 0 Å². The van der Waals surface area contributed by atoms with Gasteiger partial charge < -0.3 is 14.2 Å². The second-order valence-corrected chi connectivity index (χ2v) is 5.25. The highest BCUT2D eigenvalue weighted by Crippen LogP contribution is 2.28. The average Bonchev–Trinajstić information content (AvgIpc) is 3.23. The fraction of sp³-hybridized carbons (Fsp3) is 0.111. The van der Waals surface area contributed by atoms with Crippen LogP contribution in [-0.4, -0.2) is 22.2 Å². The van der Waals surface area contributed by atoms with Crippen LogP contribution in [-0.2, 0) is 6.42 Å². The number of benzene rings is 2. The van der Waals surface area contributed by atoms with Gasteiger partial charge in [0, 0.05) is 23.5 Å². The van der Waals surface area contributed by atoms with Crippen molar-refractivity contribution in [2.45, 2.75) is 6.42 Å². The first-order valence-corrected chi connectivity index (χ1v) is 7.36. The first kappa shape index (κ1) is 13.6. The van der Waals surface area contributed by atoms with Crippen LogP contribution in [0.5, 0.6) is 5.75 Å². The first-order valence-electron chi connectivity index (χ1n) is 7.36. The first-order chi connectivity index (χ1) is 11.3. The number of rotatable bonds is 4. The number of nitrogens with one attached hydrogen (secondary N) is 1. The molecule has 0 radical (unpaired) electrons. The van der Waals surface area contributed by atoms with Crippen LogP contribution in [0.2, 0.25) is 0 Å². The molecule has 5 nitrogen and oxygen atoms in total. The summed E-state index contributed by atoms with van der Waals surface area (Å²) in [5, 5.41) is 5.27. The van der Waals surface area contributed by atoms with Crippen molar-refractivity contribution >= 4 is 10.9 Å². The van der Waals surface area contributed by atoms with Crippen molar-refractivity contribution in [1.29, 1.82) is 0 Å². The van der Waals surface area contributed by atoms with Gasteiger partial charge in [0.05, 0.1) is 12.7 Å². The molecule has 4 rings (SSSR count). The summed E-state index contributed by atoms with van der Waals surface area (Å²) >= 11 is 0. The Morgan fingerprint density at radius 1 is 1.09 bits per heavy atom. The molecule has 2 aromatic carbocycles. The zero-order valence-corrected chi connectivity index (χ0v) is 12.6. The molecule has 114 valence electrons. The third-order valence-corrected chi connectivity index (χ3v) is 3.83. The number of aromatic amines is 1. The van der Waals surface area contributed by atoms with Crippen LogP contribution >= 0.6 is 0 Å². The Morgan fingerprint density at radius 2 is 1.91 bits per heavy atom. The number of nitrogens with zero attached hydrogens (tertiary/aromatic N) is 2. The lowest BCUT2D eigenvalue weighted by atomic mass is 10.1. The molecular weight excluding hydrogens is 290 g/mol. The van der Waals surface area contributed by atoms with E-state index in [1.165, 1.54) is 5.39 Å². The number of aromatic nitrogens is 3. The number of para-hydroxylation sites is 2. The maximum Gasteiger partial charge on any atom is 0.261 e. The highest BCUT2D eigenvalue weighted by Gasteiger charge is 2.14. The lowest BCUT2D eigenvalue weighted by Gasteiger charge is -2.02. The summed E-state index contributed by atoms with van der Waals surface area (Å²) in [5.74, 6) is 1.84. The summed E-state index contributed by atoms with van der Waals surface area (Å²) in [4.78, 5) is 7.76. The molecule has 0 bridgehead atoms. The van der Waals surface area contributed by atoms with E-state index in [0.29, 0.717) is 18.1 Å². The summed E-state index contributed by atoms with van der Waals surface area (Å²) < 4.78 is 10.7. The molecule has 0 saturated heterocycles. The van der Waals surface area contributed by atoms with Crippen LogP contribution in [0.15, 0.2) is 59.3 Å². The van der Waals surface area contributed by atoms with E-state index >= 15 is 0 Å². The Labute approximate surface area is 132 Å². The van der Waals surface area contributed by atoms with Gasteiger partial charge in [-0.15, -0.1) is 0 Å². The predicted octanol–water partition coefficient (Wildman–Crippen LogP) is 3.82. The largest absolute Gasteiger partial charge is 0.496 e. The van der Waals surface area contributed by atoms with Crippen LogP contribution < -0.4 is 4.74 Å². The monoisotopic (exact) mass is 305 g/mol. The van der Waals surface area contributed by atoms with Gasteiger partial charge >= 0.3 is 0 Å². The Balaban J connectivity index is 1.66. The fourth-order valence-electron chi connectivity index (χ4n) is 2.70. The van der Waals surface area contributed by atoms with E-state index in [4.69, 9.17) is 9.26 Å². The minimum absolute atomic E-state index is 0.470. The van der Waals surface area contributed by atoms with Gasteiger partial charge in [-0.05, 0) is 23.8 Å². The van der Waals surface area contributed by atoms with Gasteiger partial charge in [0.1, 0.15) is 5.75 Å². The zero-order valence-electron chi connectivity index (χ0n) is 12.6. The third-order valence-electron chi connectivity index (χ3n) is 3.83. The van der Waals surface area contributed by atoms with Crippen LogP contribution in [0.25, 0.3) is 22.4 Å². The number of fused-ring (bicyclic) bond motifs is 1. The van der Waals surface area contributed by atoms with Crippen LogP contribution in [0.1, 0.15) is 11.4 Å². The van der Waals surface area contributed by atoms with Crippen molar-refractivity contribution in [1.82, 2.24) is 15.1 Å². The van der Waals surface area contributed by atoms with Crippen LogP contribution in [0.3, 0.4) is 0 Å². The standard InChI is InChI=1S/C18H15N3O2/c1-22-16-9-5-3-7-14(16)18-20-17(21-23-18)10-12-11-19-15-8-4-2-6-13(12)15/h2-9,11,19H,10H2,1H3.